The van der Waals surface area contributed by atoms with E-state index in [1.54, 1.807) is 6.20 Å². The Kier molecular flexibility index (Phi) is 2.00. The summed E-state index contributed by atoms with van der Waals surface area (Å²) < 4.78 is 1.85. The molecule has 0 aliphatic heterocycles. The normalized spacial score (nSPS) is 11.1. The summed E-state index contributed by atoms with van der Waals surface area (Å²) in [7, 11) is 0. The molecule has 0 saturated carbocycles. The minimum atomic E-state index is 0.485. The molecule has 4 heteroatoms. The summed E-state index contributed by atoms with van der Waals surface area (Å²) in [5, 5.41) is 4.27. The van der Waals surface area contributed by atoms with Crippen molar-refractivity contribution in [3.05, 3.63) is 28.7 Å². The molecule has 0 atom stereocenters. The van der Waals surface area contributed by atoms with Crippen molar-refractivity contribution in [2.45, 2.75) is 27.3 Å². The van der Waals surface area contributed by atoms with Crippen molar-refractivity contribution in [1.82, 2.24) is 14.6 Å². The molecule has 0 fully saturated rings. The zero-order valence-electron chi connectivity index (χ0n) is 8.70. The van der Waals surface area contributed by atoms with E-state index < -0.39 is 0 Å². The van der Waals surface area contributed by atoms with E-state index in [0.717, 1.165) is 22.6 Å². The molecule has 0 unspecified atom stereocenters. The van der Waals surface area contributed by atoms with E-state index in [0.29, 0.717) is 6.54 Å². The molecule has 2 N–H and O–H groups in total. The molecule has 0 spiro atoms. The second-order valence-electron chi connectivity index (χ2n) is 3.52. The lowest BCUT2D eigenvalue weighted by molar-refractivity contribution is 0.869. The quantitative estimate of drug-likeness (QED) is 0.733. The molecule has 2 heterocycles. The van der Waals surface area contributed by atoms with Crippen molar-refractivity contribution in [1.29, 1.82) is 0 Å². The first kappa shape index (κ1) is 9.15. The minimum absolute atomic E-state index is 0.485. The lowest BCUT2D eigenvalue weighted by atomic mass is 10.2. The molecule has 0 radical (unpaired) electrons. The van der Waals surface area contributed by atoms with Crippen molar-refractivity contribution in [3.8, 4) is 0 Å². The van der Waals surface area contributed by atoms with Crippen molar-refractivity contribution < 1.29 is 0 Å². The molecule has 0 saturated heterocycles. The van der Waals surface area contributed by atoms with Crippen molar-refractivity contribution in [2.24, 2.45) is 5.73 Å². The van der Waals surface area contributed by atoms with Crippen LogP contribution >= 0.6 is 0 Å². The van der Waals surface area contributed by atoms with Gasteiger partial charge in [0, 0.05) is 23.5 Å². The second-order valence-corrected chi connectivity index (χ2v) is 3.52. The van der Waals surface area contributed by atoms with Gasteiger partial charge < -0.3 is 5.73 Å². The summed E-state index contributed by atoms with van der Waals surface area (Å²) in [5.41, 5.74) is 10.8. The Morgan fingerprint density at radius 1 is 1.36 bits per heavy atom. The van der Waals surface area contributed by atoms with Gasteiger partial charge in [-0.1, -0.05) is 0 Å². The molecule has 2 aromatic rings. The van der Waals surface area contributed by atoms with Gasteiger partial charge in [-0.15, -0.1) is 0 Å². The van der Waals surface area contributed by atoms with Crippen LogP contribution in [0.5, 0.6) is 0 Å². The molecule has 0 aliphatic rings. The van der Waals surface area contributed by atoms with Crippen LogP contribution in [0.25, 0.3) is 5.65 Å². The molecular formula is C10H14N4. The van der Waals surface area contributed by atoms with Crippen LogP contribution in [0.1, 0.15) is 22.5 Å². The number of rotatable bonds is 1. The SMILES string of the molecule is Cc1nc2c(CN)cnn2c(C)c1C. The highest BCUT2D eigenvalue weighted by atomic mass is 15.3. The molecular weight excluding hydrogens is 176 g/mol. The molecule has 4 nitrogen and oxygen atoms in total. The average molecular weight is 190 g/mol. The molecule has 2 aromatic heterocycles. The van der Waals surface area contributed by atoms with Gasteiger partial charge in [0.05, 0.1) is 6.20 Å². The Bertz CT molecular complexity index is 484. The second kappa shape index (κ2) is 3.06. The largest absolute Gasteiger partial charge is 0.326 e. The van der Waals surface area contributed by atoms with E-state index >= 15 is 0 Å². The average Bonchev–Trinajstić information content (AvgIpc) is 2.57. The topological polar surface area (TPSA) is 56.2 Å². The minimum Gasteiger partial charge on any atom is -0.326 e. The fourth-order valence-corrected chi connectivity index (χ4v) is 1.55. The zero-order valence-corrected chi connectivity index (χ0v) is 8.70. The molecule has 74 valence electrons. The Hall–Kier alpha value is -1.42. The summed E-state index contributed by atoms with van der Waals surface area (Å²) in [6.45, 7) is 6.60. The van der Waals surface area contributed by atoms with Crippen molar-refractivity contribution in [3.63, 3.8) is 0 Å². The first-order valence-corrected chi connectivity index (χ1v) is 4.65. The smallest absolute Gasteiger partial charge is 0.159 e. The predicted molar refractivity (Wildman–Crippen MR) is 55.1 cm³/mol. The standard InChI is InChI=1S/C10H14N4/c1-6-7(2)13-10-9(4-11)5-12-14(10)8(6)3/h5H,4,11H2,1-3H3. The summed E-state index contributed by atoms with van der Waals surface area (Å²) in [6.07, 6.45) is 1.79. The van der Waals surface area contributed by atoms with Gasteiger partial charge in [0.2, 0.25) is 0 Å². The van der Waals surface area contributed by atoms with Crippen LogP contribution in [0.3, 0.4) is 0 Å². The van der Waals surface area contributed by atoms with Crippen LogP contribution in [0.4, 0.5) is 0 Å². The van der Waals surface area contributed by atoms with E-state index in [-0.39, 0.29) is 0 Å². The van der Waals surface area contributed by atoms with E-state index in [1.165, 1.54) is 5.56 Å². The fraction of sp³-hybridized carbons (Fsp3) is 0.400. The Labute approximate surface area is 82.8 Å². The zero-order chi connectivity index (χ0) is 10.3. The number of nitrogens with zero attached hydrogens (tertiary/aromatic N) is 3. The molecule has 0 aromatic carbocycles. The Balaban J connectivity index is 2.86. The van der Waals surface area contributed by atoms with Gasteiger partial charge in [-0.2, -0.15) is 5.10 Å². The van der Waals surface area contributed by atoms with Crippen LogP contribution in [-0.2, 0) is 6.54 Å². The Morgan fingerprint density at radius 3 is 2.71 bits per heavy atom. The summed E-state index contributed by atoms with van der Waals surface area (Å²) in [6, 6.07) is 0. The highest BCUT2D eigenvalue weighted by Gasteiger charge is 2.09. The Morgan fingerprint density at radius 2 is 2.07 bits per heavy atom. The third kappa shape index (κ3) is 1.11. The molecule has 0 aliphatic carbocycles. The van der Waals surface area contributed by atoms with E-state index in [9.17, 15) is 0 Å². The van der Waals surface area contributed by atoms with Crippen molar-refractivity contribution >= 4 is 5.65 Å². The van der Waals surface area contributed by atoms with E-state index in [1.807, 2.05) is 18.4 Å². The maximum Gasteiger partial charge on any atom is 0.159 e. The van der Waals surface area contributed by atoms with Crippen LogP contribution in [0.15, 0.2) is 6.20 Å². The monoisotopic (exact) mass is 190 g/mol. The summed E-state index contributed by atoms with van der Waals surface area (Å²) in [4.78, 5) is 4.49. The van der Waals surface area contributed by atoms with Gasteiger partial charge in [0.15, 0.2) is 5.65 Å². The third-order valence-electron chi connectivity index (χ3n) is 2.71. The molecule has 2 rings (SSSR count). The number of aryl methyl sites for hydroxylation is 2. The van der Waals surface area contributed by atoms with Crippen LogP contribution < -0.4 is 5.73 Å². The summed E-state index contributed by atoms with van der Waals surface area (Å²) in [5.74, 6) is 0. The molecule has 14 heavy (non-hydrogen) atoms. The number of hydrogen-bond acceptors (Lipinski definition) is 3. The van der Waals surface area contributed by atoms with Gasteiger partial charge in [0.1, 0.15) is 0 Å². The number of hydrogen-bond donors (Lipinski definition) is 1. The predicted octanol–water partition coefficient (Wildman–Crippen LogP) is 1.11. The van der Waals surface area contributed by atoms with Gasteiger partial charge in [-0.25, -0.2) is 9.50 Å². The first-order valence-electron chi connectivity index (χ1n) is 4.65. The lowest BCUT2D eigenvalue weighted by Gasteiger charge is -2.06. The summed E-state index contributed by atoms with van der Waals surface area (Å²) >= 11 is 0. The highest BCUT2D eigenvalue weighted by molar-refractivity contribution is 5.49. The molecule has 0 bridgehead atoms. The van der Waals surface area contributed by atoms with Gasteiger partial charge in [-0.05, 0) is 26.3 Å². The van der Waals surface area contributed by atoms with E-state index in [2.05, 4.69) is 17.0 Å². The number of nitrogens with two attached hydrogens (primary N) is 1. The fourth-order valence-electron chi connectivity index (χ4n) is 1.55. The van der Waals surface area contributed by atoms with Gasteiger partial charge >= 0.3 is 0 Å². The van der Waals surface area contributed by atoms with Crippen LogP contribution in [0, 0.1) is 20.8 Å². The highest BCUT2D eigenvalue weighted by Crippen LogP contribution is 2.15. The van der Waals surface area contributed by atoms with E-state index in [4.69, 9.17) is 5.73 Å². The maximum atomic E-state index is 5.61. The van der Waals surface area contributed by atoms with Gasteiger partial charge in [0.25, 0.3) is 0 Å². The molecule has 0 amide bonds. The maximum absolute atomic E-state index is 5.61. The van der Waals surface area contributed by atoms with Crippen LogP contribution in [0.2, 0.25) is 0 Å². The number of fused-ring (bicyclic) bond motifs is 1. The van der Waals surface area contributed by atoms with Crippen molar-refractivity contribution in [2.75, 3.05) is 0 Å². The van der Waals surface area contributed by atoms with Gasteiger partial charge in [-0.3, -0.25) is 0 Å². The lowest BCUT2D eigenvalue weighted by Crippen LogP contribution is -2.04. The third-order valence-corrected chi connectivity index (χ3v) is 2.71. The first-order chi connectivity index (χ1) is 6.65. The number of aromatic nitrogens is 3. The van der Waals surface area contributed by atoms with Crippen LogP contribution in [-0.4, -0.2) is 14.6 Å².